The van der Waals surface area contributed by atoms with Crippen molar-refractivity contribution in [3.05, 3.63) is 72.3 Å². The van der Waals surface area contributed by atoms with Gasteiger partial charge in [0.1, 0.15) is 18.2 Å². The quantitative estimate of drug-likeness (QED) is 0.420. The lowest BCUT2D eigenvalue weighted by Crippen LogP contribution is -2.35. The van der Waals surface area contributed by atoms with E-state index in [1.165, 1.54) is 6.33 Å². The molecule has 2 aromatic heterocycles. The normalized spacial score (nSPS) is 12.2. The van der Waals surface area contributed by atoms with Crippen LogP contribution in [0.15, 0.2) is 66.0 Å². The number of nitrogens with zero attached hydrogens (tertiary/aromatic N) is 3. The number of aromatic nitrogens is 3. The molecule has 3 N–H and O–H groups in total. The van der Waals surface area contributed by atoms with Crippen LogP contribution in [-0.2, 0) is 0 Å². The van der Waals surface area contributed by atoms with E-state index in [-0.39, 0.29) is 5.91 Å². The Kier molecular flexibility index (Phi) is 4.70. The van der Waals surface area contributed by atoms with Gasteiger partial charge in [0.05, 0.1) is 11.0 Å². The maximum Gasteiger partial charge on any atom is 0.272 e. The zero-order valence-corrected chi connectivity index (χ0v) is 15.4. The molecule has 0 aliphatic heterocycles. The van der Waals surface area contributed by atoms with Crippen LogP contribution in [0.1, 0.15) is 22.2 Å². The summed E-state index contributed by atoms with van der Waals surface area (Å²) in [6.45, 7) is 0. The van der Waals surface area contributed by atoms with Crippen LogP contribution >= 0.6 is 11.8 Å². The van der Waals surface area contributed by atoms with Crippen molar-refractivity contribution in [3.8, 4) is 0 Å². The molecule has 0 radical (unpaired) electrons. The first kappa shape index (κ1) is 17.4. The number of pyridine rings is 1. The molecule has 0 saturated heterocycles. The number of carbonyl (C=O) groups is 1. The summed E-state index contributed by atoms with van der Waals surface area (Å²) in [7, 11) is 0. The summed E-state index contributed by atoms with van der Waals surface area (Å²) < 4.78 is 0. The SMILES string of the molecule is CSc1ccc2cccnc2c1C(N)NC(=O)c1ncnc2ccccc12. The maximum atomic E-state index is 12.9. The molecule has 4 aromatic rings. The molecule has 0 aliphatic carbocycles. The standard InChI is InChI=1S/C20H17N5OS/c1-27-15-9-8-12-5-4-10-22-17(12)16(15)19(21)25-20(26)18-13-6-2-3-7-14(13)23-11-24-18/h2-11,19H,21H2,1H3,(H,25,26). The molecule has 27 heavy (non-hydrogen) atoms. The molecule has 0 saturated carbocycles. The molecule has 0 aliphatic rings. The number of nitrogens with two attached hydrogens (primary N) is 1. The molecule has 2 heterocycles. The lowest BCUT2D eigenvalue weighted by atomic mass is 10.1. The van der Waals surface area contributed by atoms with Gasteiger partial charge in [0.2, 0.25) is 0 Å². The molecule has 1 amide bonds. The molecule has 1 atom stereocenters. The fourth-order valence-corrected chi connectivity index (χ4v) is 3.74. The van der Waals surface area contributed by atoms with Crippen LogP contribution in [0.3, 0.4) is 0 Å². The van der Waals surface area contributed by atoms with E-state index in [0.29, 0.717) is 16.6 Å². The zero-order valence-electron chi connectivity index (χ0n) is 14.6. The number of amides is 1. The van der Waals surface area contributed by atoms with E-state index < -0.39 is 6.17 Å². The number of para-hydroxylation sites is 1. The third-order valence-electron chi connectivity index (χ3n) is 4.35. The van der Waals surface area contributed by atoms with Crippen LogP contribution in [0.2, 0.25) is 0 Å². The van der Waals surface area contributed by atoms with Crippen molar-refractivity contribution in [3.63, 3.8) is 0 Å². The third-order valence-corrected chi connectivity index (χ3v) is 5.15. The van der Waals surface area contributed by atoms with E-state index in [4.69, 9.17) is 5.73 Å². The van der Waals surface area contributed by atoms with Gasteiger partial charge in [-0.1, -0.05) is 30.3 Å². The number of nitrogens with one attached hydrogen (secondary N) is 1. The Bertz CT molecular complexity index is 1140. The molecule has 4 rings (SSSR count). The van der Waals surface area contributed by atoms with Crippen LogP contribution in [-0.4, -0.2) is 27.1 Å². The molecule has 0 spiro atoms. The molecular formula is C20H17N5OS. The molecule has 0 fully saturated rings. The Morgan fingerprint density at radius 3 is 2.78 bits per heavy atom. The maximum absolute atomic E-state index is 12.9. The van der Waals surface area contributed by atoms with E-state index in [1.807, 2.05) is 54.8 Å². The Hall–Kier alpha value is -3.03. The Morgan fingerprint density at radius 2 is 1.93 bits per heavy atom. The minimum atomic E-state index is -0.715. The first-order valence-electron chi connectivity index (χ1n) is 8.37. The van der Waals surface area contributed by atoms with Gasteiger partial charge in [-0.25, -0.2) is 9.97 Å². The summed E-state index contributed by atoms with van der Waals surface area (Å²) in [6, 6.07) is 15.2. The Morgan fingerprint density at radius 1 is 1.07 bits per heavy atom. The van der Waals surface area contributed by atoms with E-state index >= 15 is 0 Å². The van der Waals surface area contributed by atoms with Gasteiger partial charge in [-0.2, -0.15) is 0 Å². The highest BCUT2D eigenvalue weighted by Gasteiger charge is 2.20. The van der Waals surface area contributed by atoms with Gasteiger partial charge in [-0.15, -0.1) is 11.8 Å². The number of fused-ring (bicyclic) bond motifs is 2. The van der Waals surface area contributed by atoms with Gasteiger partial charge in [-0.05, 0) is 24.5 Å². The minimum absolute atomic E-state index is 0.301. The molecule has 0 bridgehead atoms. The zero-order chi connectivity index (χ0) is 18.8. The van der Waals surface area contributed by atoms with Crippen molar-refractivity contribution < 1.29 is 4.79 Å². The summed E-state index contributed by atoms with van der Waals surface area (Å²) in [5.41, 5.74) is 8.98. The third kappa shape index (κ3) is 3.22. The first-order valence-corrected chi connectivity index (χ1v) is 9.59. The minimum Gasteiger partial charge on any atom is -0.331 e. The predicted octanol–water partition coefficient (Wildman–Crippen LogP) is 3.29. The van der Waals surface area contributed by atoms with Crippen LogP contribution in [0.4, 0.5) is 0 Å². The van der Waals surface area contributed by atoms with Crippen LogP contribution in [0.5, 0.6) is 0 Å². The van der Waals surface area contributed by atoms with Gasteiger partial charge < -0.3 is 11.1 Å². The van der Waals surface area contributed by atoms with Crippen molar-refractivity contribution >= 4 is 39.5 Å². The van der Waals surface area contributed by atoms with Crippen LogP contribution < -0.4 is 11.1 Å². The number of thioether (sulfide) groups is 1. The summed E-state index contributed by atoms with van der Waals surface area (Å²) in [4.78, 5) is 26.7. The second-order valence-corrected chi connectivity index (χ2v) is 6.80. The van der Waals surface area contributed by atoms with Crippen LogP contribution in [0, 0.1) is 0 Å². The monoisotopic (exact) mass is 375 g/mol. The summed E-state index contributed by atoms with van der Waals surface area (Å²) in [6.07, 6.45) is 4.37. The van der Waals surface area contributed by atoms with Crippen molar-refractivity contribution in [2.45, 2.75) is 11.1 Å². The first-order chi connectivity index (χ1) is 13.2. The second-order valence-electron chi connectivity index (χ2n) is 5.95. The van der Waals surface area contributed by atoms with Gasteiger partial charge in [0, 0.05) is 27.4 Å². The summed E-state index contributed by atoms with van der Waals surface area (Å²) >= 11 is 1.57. The molecule has 134 valence electrons. The highest BCUT2D eigenvalue weighted by atomic mass is 32.2. The second kappa shape index (κ2) is 7.30. The van der Waals surface area contributed by atoms with Gasteiger partial charge in [0.25, 0.3) is 5.91 Å². The highest BCUT2D eigenvalue weighted by molar-refractivity contribution is 7.98. The number of hydrogen-bond donors (Lipinski definition) is 2. The topological polar surface area (TPSA) is 93.8 Å². The van der Waals surface area contributed by atoms with Gasteiger partial charge in [0.15, 0.2) is 0 Å². The van der Waals surface area contributed by atoms with Gasteiger partial charge in [-0.3, -0.25) is 9.78 Å². The lowest BCUT2D eigenvalue weighted by Gasteiger charge is -2.19. The van der Waals surface area contributed by atoms with Crippen LogP contribution in [0.25, 0.3) is 21.8 Å². The fraction of sp³-hybridized carbons (Fsp3) is 0.100. The molecule has 6 nitrogen and oxygen atoms in total. The number of hydrogen-bond acceptors (Lipinski definition) is 6. The predicted molar refractivity (Wildman–Crippen MR) is 107 cm³/mol. The molecule has 1 unspecified atom stereocenters. The van der Waals surface area contributed by atoms with E-state index in [1.54, 1.807) is 18.0 Å². The Labute approximate surface area is 160 Å². The van der Waals surface area contributed by atoms with E-state index in [2.05, 4.69) is 20.3 Å². The molecule has 7 heteroatoms. The fourth-order valence-electron chi connectivity index (χ4n) is 3.10. The van der Waals surface area contributed by atoms with Crippen molar-refractivity contribution in [1.82, 2.24) is 20.3 Å². The van der Waals surface area contributed by atoms with Crippen molar-refractivity contribution in [1.29, 1.82) is 0 Å². The summed E-state index contributed by atoms with van der Waals surface area (Å²) in [5.74, 6) is -0.346. The highest BCUT2D eigenvalue weighted by Crippen LogP contribution is 2.30. The van der Waals surface area contributed by atoms with Crippen molar-refractivity contribution in [2.24, 2.45) is 5.73 Å². The number of carbonyl (C=O) groups excluding carboxylic acids is 1. The summed E-state index contributed by atoms with van der Waals surface area (Å²) in [5, 5.41) is 4.53. The molecular weight excluding hydrogens is 358 g/mol. The van der Waals surface area contributed by atoms with Gasteiger partial charge >= 0.3 is 0 Å². The number of rotatable bonds is 4. The average Bonchev–Trinajstić information content (AvgIpc) is 2.72. The molecule has 2 aromatic carbocycles. The lowest BCUT2D eigenvalue weighted by molar-refractivity contribution is 0.0934. The Balaban J connectivity index is 1.73. The average molecular weight is 375 g/mol. The largest absolute Gasteiger partial charge is 0.331 e. The van der Waals surface area contributed by atoms with E-state index in [9.17, 15) is 4.79 Å². The smallest absolute Gasteiger partial charge is 0.272 e. The number of benzene rings is 2. The van der Waals surface area contributed by atoms with E-state index in [0.717, 1.165) is 21.4 Å². The van der Waals surface area contributed by atoms with Crippen molar-refractivity contribution in [2.75, 3.05) is 6.26 Å².